The Morgan fingerprint density at radius 1 is 0.595 bits per heavy atom. The highest BCUT2D eigenvalue weighted by Crippen LogP contribution is 2.32. The first-order valence-corrected chi connectivity index (χ1v) is 15.5. The van der Waals surface area contributed by atoms with Gasteiger partial charge in [0.2, 0.25) is 0 Å². The van der Waals surface area contributed by atoms with Crippen molar-refractivity contribution in [1.82, 2.24) is 4.90 Å². The van der Waals surface area contributed by atoms with Crippen molar-refractivity contribution in [2.75, 3.05) is 13.1 Å². The van der Waals surface area contributed by atoms with E-state index in [1.54, 1.807) is 0 Å². The predicted octanol–water partition coefficient (Wildman–Crippen LogP) is 7.25. The average Bonchev–Trinajstić information content (AvgIpc) is 3.05. The fourth-order valence-corrected chi connectivity index (χ4v) is 6.59. The monoisotopic (exact) mass is 561 g/mol. The van der Waals surface area contributed by atoms with Gasteiger partial charge >= 0.3 is 0 Å². The molecule has 4 aromatic rings. The number of ether oxygens (including phenoxy) is 3. The number of piperidine rings is 1. The molecule has 0 radical (unpaired) electrons. The van der Waals surface area contributed by atoms with Crippen LogP contribution in [0.5, 0.6) is 0 Å². The maximum absolute atomic E-state index is 6.79. The van der Waals surface area contributed by atoms with Gasteiger partial charge in [0.05, 0.1) is 25.9 Å². The van der Waals surface area contributed by atoms with E-state index in [0.29, 0.717) is 25.7 Å². The molecule has 5 atom stereocenters. The second kappa shape index (κ2) is 14.3. The molecule has 0 spiro atoms. The Kier molecular flexibility index (Phi) is 9.79. The molecule has 0 saturated carbocycles. The van der Waals surface area contributed by atoms with Gasteiger partial charge in [-0.1, -0.05) is 115 Å². The van der Waals surface area contributed by atoms with Crippen LogP contribution in [0.4, 0.5) is 0 Å². The Morgan fingerprint density at radius 3 is 1.69 bits per heavy atom. The molecule has 1 heterocycles. The van der Waals surface area contributed by atoms with E-state index in [4.69, 9.17) is 14.2 Å². The molecule has 4 nitrogen and oxygen atoms in total. The molecule has 0 aromatic heterocycles. The van der Waals surface area contributed by atoms with Crippen molar-refractivity contribution < 1.29 is 14.2 Å². The first-order valence-electron chi connectivity index (χ1n) is 15.5. The highest BCUT2D eigenvalue weighted by molar-refractivity contribution is 5.29. The quantitative estimate of drug-likeness (QED) is 0.193. The van der Waals surface area contributed by atoms with E-state index in [0.717, 1.165) is 31.5 Å². The molecule has 218 valence electrons. The van der Waals surface area contributed by atoms with E-state index in [2.05, 4.69) is 121 Å². The zero-order valence-corrected chi connectivity index (χ0v) is 24.7. The van der Waals surface area contributed by atoms with Gasteiger partial charge in [-0.3, -0.25) is 4.90 Å². The summed E-state index contributed by atoms with van der Waals surface area (Å²) in [6, 6.07) is 40.5. The summed E-state index contributed by atoms with van der Waals surface area (Å²) in [5, 5.41) is 0. The van der Waals surface area contributed by atoms with Crippen LogP contribution in [-0.4, -0.2) is 42.3 Å². The van der Waals surface area contributed by atoms with Crippen LogP contribution in [0.1, 0.15) is 41.2 Å². The third-order valence-corrected chi connectivity index (χ3v) is 8.98. The lowest BCUT2D eigenvalue weighted by molar-refractivity contribution is -0.202. The SMILES string of the molecule is C[C@@H]1[C@@H](OCc2ccccc2)[C@H](OCc2ccccc2)[C@@H](OCc2ccccc2)CN1CC1CCc2ccccc2C1. The molecule has 4 heteroatoms. The summed E-state index contributed by atoms with van der Waals surface area (Å²) in [4.78, 5) is 2.62. The Hall–Kier alpha value is -3.28. The summed E-state index contributed by atoms with van der Waals surface area (Å²) >= 11 is 0. The lowest BCUT2D eigenvalue weighted by Crippen LogP contribution is -2.63. The molecule has 0 bridgehead atoms. The van der Waals surface area contributed by atoms with Gasteiger partial charge in [0.15, 0.2) is 0 Å². The molecule has 0 amide bonds. The average molecular weight is 562 g/mol. The highest BCUT2D eigenvalue weighted by Gasteiger charge is 2.44. The van der Waals surface area contributed by atoms with Crippen LogP contribution in [0.3, 0.4) is 0 Å². The van der Waals surface area contributed by atoms with Gasteiger partial charge in [-0.05, 0) is 59.9 Å². The first kappa shape index (κ1) is 28.8. The molecule has 42 heavy (non-hydrogen) atoms. The Labute approximate surface area is 251 Å². The van der Waals surface area contributed by atoms with Crippen LogP contribution in [0.15, 0.2) is 115 Å². The largest absolute Gasteiger partial charge is 0.369 e. The summed E-state index contributed by atoms with van der Waals surface area (Å²) in [6.45, 7) is 5.83. The lowest BCUT2D eigenvalue weighted by Gasteiger charge is -2.48. The minimum absolute atomic E-state index is 0.109. The van der Waals surface area contributed by atoms with E-state index in [1.807, 2.05) is 6.07 Å². The van der Waals surface area contributed by atoms with Gasteiger partial charge in [-0.25, -0.2) is 0 Å². The Balaban J connectivity index is 1.23. The fraction of sp³-hybridized carbons (Fsp3) is 0.368. The van der Waals surface area contributed by atoms with Crippen LogP contribution < -0.4 is 0 Å². The number of nitrogens with zero attached hydrogens (tertiary/aromatic N) is 1. The standard InChI is InChI=1S/C38H43NO3/c1-29-37(41-27-31-15-7-3-8-16-31)38(42-28-32-17-9-4-10-18-32)36(40-26-30-13-5-2-6-14-30)25-39(29)24-33-21-22-34-19-11-12-20-35(34)23-33/h2-20,29,33,36-38H,21-28H2,1H3/t29-,33?,36+,37-,38-/m1/s1. The molecule has 1 aliphatic carbocycles. The molecular formula is C38H43NO3. The topological polar surface area (TPSA) is 30.9 Å². The number of aryl methyl sites for hydroxylation is 1. The van der Waals surface area contributed by atoms with Crippen LogP contribution in [0.2, 0.25) is 0 Å². The molecule has 4 aromatic carbocycles. The van der Waals surface area contributed by atoms with Crippen molar-refractivity contribution in [3.63, 3.8) is 0 Å². The summed E-state index contributed by atoms with van der Waals surface area (Å²) < 4.78 is 20.3. The fourth-order valence-electron chi connectivity index (χ4n) is 6.59. The minimum atomic E-state index is -0.184. The van der Waals surface area contributed by atoms with Crippen LogP contribution in [0.25, 0.3) is 0 Å². The van der Waals surface area contributed by atoms with E-state index >= 15 is 0 Å². The van der Waals surface area contributed by atoms with Crippen LogP contribution in [-0.2, 0) is 46.9 Å². The molecule has 1 fully saturated rings. The number of benzene rings is 4. The zero-order valence-electron chi connectivity index (χ0n) is 24.7. The van der Waals surface area contributed by atoms with E-state index in [9.17, 15) is 0 Å². The Bertz CT molecular complexity index is 1360. The number of hydrogen-bond acceptors (Lipinski definition) is 4. The molecule has 2 aliphatic rings. The maximum Gasteiger partial charge on any atom is 0.113 e. The van der Waals surface area contributed by atoms with Gasteiger partial charge in [-0.2, -0.15) is 0 Å². The predicted molar refractivity (Wildman–Crippen MR) is 168 cm³/mol. The molecular weight excluding hydrogens is 518 g/mol. The number of hydrogen-bond donors (Lipinski definition) is 0. The first-order chi connectivity index (χ1) is 20.7. The zero-order chi connectivity index (χ0) is 28.6. The molecule has 1 saturated heterocycles. The van der Waals surface area contributed by atoms with Gasteiger partial charge < -0.3 is 14.2 Å². The Morgan fingerprint density at radius 2 is 1.10 bits per heavy atom. The third-order valence-electron chi connectivity index (χ3n) is 8.98. The van der Waals surface area contributed by atoms with Crippen molar-refractivity contribution in [1.29, 1.82) is 0 Å². The van der Waals surface area contributed by atoms with E-state index < -0.39 is 0 Å². The molecule has 0 N–H and O–H groups in total. The van der Waals surface area contributed by atoms with Gasteiger partial charge in [0, 0.05) is 19.1 Å². The normalized spacial score (nSPS) is 24.3. The molecule has 1 aliphatic heterocycles. The molecule has 1 unspecified atom stereocenters. The smallest absolute Gasteiger partial charge is 0.113 e. The second-order valence-corrected chi connectivity index (χ2v) is 11.9. The summed E-state index contributed by atoms with van der Waals surface area (Å²) in [5.41, 5.74) is 6.54. The minimum Gasteiger partial charge on any atom is -0.369 e. The van der Waals surface area contributed by atoms with Crippen molar-refractivity contribution in [2.24, 2.45) is 5.92 Å². The second-order valence-electron chi connectivity index (χ2n) is 11.9. The number of rotatable bonds is 11. The van der Waals surface area contributed by atoms with E-state index in [-0.39, 0.29) is 24.4 Å². The highest BCUT2D eigenvalue weighted by atomic mass is 16.6. The van der Waals surface area contributed by atoms with Gasteiger partial charge in [0.25, 0.3) is 0 Å². The number of likely N-dealkylation sites (tertiary alicyclic amines) is 1. The summed E-state index contributed by atoms with van der Waals surface area (Å²) in [5.74, 6) is 0.619. The van der Waals surface area contributed by atoms with Crippen LogP contribution >= 0.6 is 0 Å². The van der Waals surface area contributed by atoms with Crippen molar-refractivity contribution >= 4 is 0 Å². The third kappa shape index (κ3) is 7.37. The van der Waals surface area contributed by atoms with Crippen molar-refractivity contribution in [3.05, 3.63) is 143 Å². The number of fused-ring (bicyclic) bond motifs is 1. The summed E-state index contributed by atoms with van der Waals surface area (Å²) in [6.07, 6.45) is 3.10. The lowest BCUT2D eigenvalue weighted by atomic mass is 9.82. The maximum atomic E-state index is 6.79. The summed E-state index contributed by atoms with van der Waals surface area (Å²) in [7, 11) is 0. The van der Waals surface area contributed by atoms with Crippen molar-refractivity contribution in [2.45, 2.75) is 70.4 Å². The molecule has 6 rings (SSSR count). The van der Waals surface area contributed by atoms with Gasteiger partial charge in [-0.15, -0.1) is 0 Å². The van der Waals surface area contributed by atoms with Crippen LogP contribution in [0, 0.1) is 5.92 Å². The van der Waals surface area contributed by atoms with Gasteiger partial charge in [0.1, 0.15) is 12.2 Å². The van der Waals surface area contributed by atoms with Crippen molar-refractivity contribution in [3.8, 4) is 0 Å². The van der Waals surface area contributed by atoms with E-state index in [1.165, 1.54) is 28.7 Å².